The summed E-state index contributed by atoms with van der Waals surface area (Å²) in [5.41, 5.74) is 0.0985. The summed E-state index contributed by atoms with van der Waals surface area (Å²) in [5, 5.41) is 4.26. The van der Waals surface area contributed by atoms with Gasteiger partial charge in [0.25, 0.3) is 0 Å². The van der Waals surface area contributed by atoms with Crippen molar-refractivity contribution in [2.45, 2.75) is 39.7 Å². The summed E-state index contributed by atoms with van der Waals surface area (Å²) in [7, 11) is 0. The Morgan fingerprint density at radius 2 is 2.18 bits per heavy atom. The number of nitrogens with zero attached hydrogens (tertiary/aromatic N) is 3. The molecule has 0 bridgehead atoms. The smallest absolute Gasteiger partial charge is 0.147 e. The van der Waals surface area contributed by atoms with Gasteiger partial charge in [-0.25, -0.2) is 9.67 Å². The highest BCUT2D eigenvalue weighted by atomic mass is 15.4. The van der Waals surface area contributed by atoms with E-state index in [-0.39, 0.29) is 5.54 Å². The average Bonchev–Trinajstić information content (AvgIpc) is 2.36. The Hall–Kier alpha value is -0.860. The van der Waals surface area contributed by atoms with Gasteiger partial charge in [-0.1, -0.05) is 6.92 Å². The van der Waals surface area contributed by atoms with Crippen LogP contribution in [-0.2, 0) is 5.54 Å². The molecular formula is C8H15N3. The third-order valence-electron chi connectivity index (χ3n) is 2.09. The highest BCUT2D eigenvalue weighted by Gasteiger charge is 2.17. The standard InChI is InChI=1S/C8H15N3/c1-5-8(3,4)11-6-9-7(2)10-11/h6H,5H2,1-4H3. The fraction of sp³-hybridized carbons (Fsp3) is 0.750. The van der Waals surface area contributed by atoms with Gasteiger partial charge in [-0.2, -0.15) is 5.10 Å². The fourth-order valence-electron chi connectivity index (χ4n) is 0.799. The Bertz CT molecular complexity index is 237. The summed E-state index contributed by atoms with van der Waals surface area (Å²) in [6.45, 7) is 8.36. The maximum absolute atomic E-state index is 4.26. The molecule has 0 aromatic carbocycles. The molecule has 0 fully saturated rings. The molecule has 0 aliphatic carbocycles. The van der Waals surface area contributed by atoms with Crippen LogP contribution in [0.2, 0.25) is 0 Å². The van der Waals surface area contributed by atoms with Crippen LogP contribution in [0.15, 0.2) is 6.33 Å². The lowest BCUT2D eigenvalue weighted by molar-refractivity contribution is 0.306. The van der Waals surface area contributed by atoms with Gasteiger partial charge >= 0.3 is 0 Å². The minimum atomic E-state index is 0.0985. The Balaban J connectivity index is 2.92. The maximum Gasteiger partial charge on any atom is 0.147 e. The summed E-state index contributed by atoms with van der Waals surface area (Å²) >= 11 is 0. The van der Waals surface area contributed by atoms with E-state index >= 15 is 0 Å². The Kier molecular flexibility index (Phi) is 1.98. The van der Waals surface area contributed by atoms with Crippen LogP contribution in [-0.4, -0.2) is 14.8 Å². The first kappa shape index (κ1) is 8.24. The van der Waals surface area contributed by atoms with Crippen molar-refractivity contribution in [1.29, 1.82) is 0 Å². The Morgan fingerprint density at radius 1 is 1.55 bits per heavy atom. The lowest BCUT2D eigenvalue weighted by Crippen LogP contribution is -2.25. The van der Waals surface area contributed by atoms with Crippen molar-refractivity contribution in [3.8, 4) is 0 Å². The van der Waals surface area contributed by atoms with Crippen LogP contribution >= 0.6 is 0 Å². The van der Waals surface area contributed by atoms with E-state index in [9.17, 15) is 0 Å². The molecule has 1 rings (SSSR count). The van der Waals surface area contributed by atoms with Gasteiger partial charge in [-0.05, 0) is 27.2 Å². The van der Waals surface area contributed by atoms with E-state index in [0.717, 1.165) is 12.2 Å². The van der Waals surface area contributed by atoms with Crippen LogP contribution in [0.5, 0.6) is 0 Å². The molecule has 0 aliphatic heterocycles. The predicted molar refractivity (Wildman–Crippen MR) is 44.4 cm³/mol. The van der Waals surface area contributed by atoms with E-state index < -0.39 is 0 Å². The first-order valence-electron chi connectivity index (χ1n) is 3.95. The fourth-order valence-corrected chi connectivity index (χ4v) is 0.799. The number of aromatic nitrogens is 3. The quantitative estimate of drug-likeness (QED) is 0.647. The van der Waals surface area contributed by atoms with Crippen molar-refractivity contribution in [3.63, 3.8) is 0 Å². The van der Waals surface area contributed by atoms with Crippen LogP contribution in [0.25, 0.3) is 0 Å². The first-order valence-corrected chi connectivity index (χ1v) is 3.95. The van der Waals surface area contributed by atoms with Gasteiger partial charge in [0.2, 0.25) is 0 Å². The normalized spacial score (nSPS) is 12.0. The van der Waals surface area contributed by atoms with Crippen LogP contribution in [0, 0.1) is 6.92 Å². The maximum atomic E-state index is 4.26. The Labute approximate surface area is 67.4 Å². The summed E-state index contributed by atoms with van der Waals surface area (Å²) in [4.78, 5) is 4.08. The van der Waals surface area contributed by atoms with E-state index in [1.807, 2.05) is 11.6 Å². The number of hydrogen-bond acceptors (Lipinski definition) is 2. The minimum absolute atomic E-state index is 0.0985. The van der Waals surface area contributed by atoms with Crippen molar-refractivity contribution >= 4 is 0 Å². The number of aryl methyl sites for hydroxylation is 1. The molecule has 1 heterocycles. The zero-order valence-corrected chi connectivity index (χ0v) is 7.63. The summed E-state index contributed by atoms with van der Waals surface area (Å²) < 4.78 is 1.92. The molecule has 11 heavy (non-hydrogen) atoms. The van der Waals surface area contributed by atoms with E-state index in [1.54, 1.807) is 6.33 Å². The second kappa shape index (κ2) is 2.64. The van der Waals surface area contributed by atoms with Gasteiger partial charge in [0, 0.05) is 0 Å². The second-order valence-corrected chi connectivity index (χ2v) is 3.40. The molecule has 0 spiro atoms. The highest BCUT2D eigenvalue weighted by Crippen LogP contribution is 2.16. The van der Waals surface area contributed by atoms with Gasteiger partial charge in [-0.15, -0.1) is 0 Å². The van der Waals surface area contributed by atoms with Gasteiger partial charge in [0.05, 0.1) is 5.54 Å². The zero-order chi connectivity index (χ0) is 8.48. The molecule has 0 amide bonds. The number of hydrogen-bond donors (Lipinski definition) is 0. The average molecular weight is 153 g/mol. The van der Waals surface area contributed by atoms with Crippen LogP contribution in [0.1, 0.15) is 33.0 Å². The zero-order valence-electron chi connectivity index (χ0n) is 7.63. The lowest BCUT2D eigenvalue weighted by atomic mass is 10.0. The van der Waals surface area contributed by atoms with Crippen molar-refractivity contribution < 1.29 is 0 Å². The highest BCUT2D eigenvalue weighted by molar-refractivity contribution is 4.82. The summed E-state index contributed by atoms with van der Waals surface area (Å²) in [5.74, 6) is 0.839. The van der Waals surface area contributed by atoms with Crippen LogP contribution < -0.4 is 0 Å². The molecule has 0 saturated heterocycles. The monoisotopic (exact) mass is 153 g/mol. The van der Waals surface area contributed by atoms with E-state index in [1.165, 1.54) is 0 Å². The molecular weight excluding hydrogens is 138 g/mol. The molecule has 0 atom stereocenters. The molecule has 0 unspecified atom stereocenters. The topological polar surface area (TPSA) is 30.7 Å². The van der Waals surface area contributed by atoms with Crippen molar-refractivity contribution in [2.24, 2.45) is 0 Å². The molecule has 1 aromatic rings. The van der Waals surface area contributed by atoms with Crippen molar-refractivity contribution in [2.75, 3.05) is 0 Å². The molecule has 0 aliphatic rings. The lowest BCUT2D eigenvalue weighted by Gasteiger charge is -2.22. The molecule has 1 aromatic heterocycles. The van der Waals surface area contributed by atoms with Crippen LogP contribution in [0.4, 0.5) is 0 Å². The Morgan fingerprint density at radius 3 is 2.55 bits per heavy atom. The summed E-state index contributed by atoms with van der Waals surface area (Å²) in [6, 6.07) is 0. The van der Waals surface area contributed by atoms with Crippen LogP contribution in [0.3, 0.4) is 0 Å². The molecule has 0 saturated carbocycles. The largest absolute Gasteiger partial charge is 0.247 e. The first-order chi connectivity index (χ1) is 5.06. The van der Waals surface area contributed by atoms with E-state index in [0.29, 0.717) is 0 Å². The molecule has 3 heteroatoms. The molecule has 62 valence electrons. The van der Waals surface area contributed by atoms with E-state index in [2.05, 4.69) is 30.9 Å². The SMILES string of the molecule is CCC(C)(C)n1cnc(C)n1. The van der Waals surface area contributed by atoms with E-state index in [4.69, 9.17) is 0 Å². The third-order valence-corrected chi connectivity index (χ3v) is 2.09. The van der Waals surface area contributed by atoms with Gasteiger partial charge < -0.3 is 0 Å². The van der Waals surface area contributed by atoms with Gasteiger partial charge in [-0.3, -0.25) is 0 Å². The molecule has 0 N–H and O–H groups in total. The third kappa shape index (κ3) is 1.59. The predicted octanol–water partition coefficient (Wildman–Crippen LogP) is 1.73. The van der Waals surface area contributed by atoms with Gasteiger partial charge in [0.15, 0.2) is 0 Å². The van der Waals surface area contributed by atoms with Crippen molar-refractivity contribution in [1.82, 2.24) is 14.8 Å². The van der Waals surface area contributed by atoms with Crippen molar-refractivity contribution in [3.05, 3.63) is 12.2 Å². The number of rotatable bonds is 2. The second-order valence-electron chi connectivity index (χ2n) is 3.40. The molecule has 0 radical (unpaired) electrons. The molecule has 3 nitrogen and oxygen atoms in total. The minimum Gasteiger partial charge on any atom is -0.247 e. The summed E-state index contributed by atoms with van der Waals surface area (Å²) in [6.07, 6.45) is 2.86. The van der Waals surface area contributed by atoms with Gasteiger partial charge in [0.1, 0.15) is 12.2 Å².